The highest BCUT2D eigenvalue weighted by atomic mass is 35.5. The van der Waals surface area contributed by atoms with Crippen molar-refractivity contribution in [2.75, 3.05) is 13.4 Å². The van der Waals surface area contributed by atoms with E-state index in [2.05, 4.69) is 10.1 Å². The van der Waals surface area contributed by atoms with E-state index in [0.717, 1.165) is 11.3 Å². The summed E-state index contributed by atoms with van der Waals surface area (Å²) in [5.74, 6) is 0. The first-order chi connectivity index (χ1) is 12.3. The lowest BCUT2D eigenvalue weighted by molar-refractivity contribution is 0.179. The number of aromatic nitrogens is 3. The highest BCUT2D eigenvalue weighted by molar-refractivity contribution is 7.99. The van der Waals surface area contributed by atoms with Crippen molar-refractivity contribution < 1.29 is 13.2 Å². The molecular weight excluding hydrogens is 394 g/mol. The fourth-order valence-corrected chi connectivity index (χ4v) is 5.32. The molecule has 0 spiro atoms. The second kappa shape index (κ2) is 7.19. The van der Waals surface area contributed by atoms with Gasteiger partial charge in [0.25, 0.3) is 0 Å². The van der Waals surface area contributed by atoms with E-state index in [-0.39, 0.29) is 15.4 Å². The monoisotopic (exact) mass is 411 g/mol. The lowest BCUT2D eigenvalue weighted by Crippen LogP contribution is -2.06. The van der Waals surface area contributed by atoms with Crippen LogP contribution in [0.2, 0.25) is 5.02 Å². The maximum atomic E-state index is 13.3. The summed E-state index contributed by atoms with van der Waals surface area (Å²) >= 11 is 7.40. The number of hydrogen-bond donors (Lipinski definition) is 0. The van der Waals surface area contributed by atoms with Crippen LogP contribution in [0.5, 0.6) is 0 Å². The molecule has 2 heterocycles. The van der Waals surface area contributed by atoms with Crippen molar-refractivity contribution in [1.29, 1.82) is 0 Å². The van der Waals surface area contributed by atoms with Crippen molar-refractivity contribution in [3.8, 4) is 0 Å². The fraction of sp³-hybridized carbons (Fsp3) is 0.294. The second-order valence-corrected chi connectivity index (χ2v) is 8.90. The Hall–Kier alpha value is -1.61. The van der Waals surface area contributed by atoms with E-state index in [1.165, 1.54) is 22.3 Å². The minimum Gasteiger partial charge on any atom is -0.378 e. The molecule has 0 fully saturated rings. The maximum absolute atomic E-state index is 13.3. The molecule has 6 nitrogen and oxygen atoms in total. The summed E-state index contributed by atoms with van der Waals surface area (Å²) in [4.78, 5) is 4.65. The molecule has 0 aliphatic rings. The highest BCUT2D eigenvalue weighted by Gasteiger charge is 2.29. The molecule has 9 heteroatoms. The minimum atomic E-state index is -3.84. The van der Waals surface area contributed by atoms with Crippen molar-refractivity contribution in [2.45, 2.75) is 35.3 Å². The van der Waals surface area contributed by atoms with Gasteiger partial charge in [-0.05, 0) is 43.9 Å². The van der Waals surface area contributed by atoms with Gasteiger partial charge in [0.1, 0.15) is 5.03 Å². The molecule has 0 bridgehead atoms. The van der Waals surface area contributed by atoms with Crippen LogP contribution < -0.4 is 0 Å². The number of aryl methyl sites for hydroxylation is 2. The van der Waals surface area contributed by atoms with Crippen LogP contribution in [-0.2, 0) is 21.2 Å². The summed E-state index contributed by atoms with van der Waals surface area (Å²) in [6.45, 7) is 3.93. The number of nitrogens with zero attached hydrogens (tertiary/aromatic N) is 3. The van der Waals surface area contributed by atoms with E-state index < -0.39 is 9.84 Å². The van der Waals surface area contributed by atoms with Gasteiger partial charge in [0, 0.05) is 17.8 Å². The Morgan fingerprint density at radius 2 is 2.00 bits per heavy atom. The Morgan fingerprint density at radius 1 is 1.27 bits per heavy atom. The van der Waals surface area contributed by atoms with Gasteiger partial charge in [0.15, 0.2) is 10.5 Å². The van der Waals surface area contributed by atoms with E-state index in [1.807, 2.05) is 19.9 Å². The summed E-state index contributed by atoms with van der Waals surface area (Å²) in [5, 5.41) is 5.23. The third-order valence-electron chi connectivity index (χ3n) is 3.93. The van der Waals surface area contributed by atoms with Gasteiger partial charge in [-0.3, -0.25) is 0 Å². The second-order valence-electron chi connectivity index (χ2n) is 5.81. The van der Waals surface area contributed by atoms with E-state index in [9.17, 15) is 8.42 Å². The van der Waals surface area contributed by atoms with Gasteiger partial charge in [-0.2, -0.15) is 5.10 Å². The molecule has 2 aromatic heterocycles. The molecule has 0 atom stereocenters. The SMILES string of the molecule is COCc1cc(C)nc2c(S(=O)(=O)c3ccc(C)c(Cl)c3)c(SC)nn12. The number of rotatable bonds is 5. The molecule has 3 rings (SSSR count). The average Bonchev–Trinajstić information content (AvgIpc) is 2.96. The molecule has 1 aromatic carbocycles. The van der Waals surface area contributed by atoms with E-state index in [0.29, 0.717) is 22.3 Å². The quantitative estimate of drug-likeness (QED) is 0.596. The maximum Gasteiger partial charge on any atom is 0.213 e. The lowest BCUT2D eigenvalue weighted by Gasteiger charge is -2.08. The van der Waals surface area contributed by atoms with Gasteiger partial charge in [-0.25, -0.2) is 17.9 Å². The Labute approximate surface area is 161 Å². The molecule has 0 unspecified atom stereocenters. The van der Waals surface area contributed by atoms with Crippen LogP contribution in [0.15, 0.2) is 39.1 Å². The summed E-state index contributed by atoms with van der Waals surface area (Å²) in [7, 11) is -2.27. The number of fused-ring (bicyclic) bond motifs is 1. The van der Waals surface area contributed by atoms with Crippen LogP contribution in [0, 0.1) is 13.8 Å². The third-order valence-corrected chi connectivity index (χ3v) is 6.92. The topological polar surface area (TPSA) is 73.6 Å². The Morgan fingerprint density at radius 3 is 2.62 bits per heavy atom. The van der Waals surface area contributed by atoms with Crippen LogP contribution in [0.1, 0.15) is 17.0 Å². The number of methoxy groups -OCH3 is 1. The first-order valence-electron chi connectivity index (χ1n) is 7.73. The van der Waals surface area contributed by atoms with Gasteiger partial charge in [-0.1, -0.05) is 17.7 Å². The van der Waals surface area contributed by atoms with Crippen molar-refractivity contribution in [3.63, 3.8) is 0 Å². The predicted octanol–water partition coefficient (Wildman–Crippen LogP) is 3.70. The summed E-state index contributed by atoms with van der Waals surface area (Å²) in [5.41, 5.74) is 2.52. The average molecular weight is 412 g/mol. The van der Waals surface area contributed by atoms with Gasteiger partial charge >= 0.3 is 0 Å². The van der Waals surface area contributed by atoms with Gasteiger partial charge in [0.05, 0.1) is 17.2 Å². The molecule has 138 valence electrons. The zero-order valence-electron chi connectivity index (χ0n) is 14.8. The highest BCUT2D eigenvalue weighted by Crippen LogP contribution is 2.34. The van der Waals surface area contributed by atoms with Crippen molar-refractivity contribution in [3.05, 3.63) is 46.2 Å². The van der Waals surface area contributed by atoms with Gasteiger partial charge < -0.3 is 4.74 Å². The summed E-state index contributed by atoms with van der Waals surface area (Å²) in [6.07, 6.45) is 1.78. The molecule has 0 saturated carbocycles. The Bertz CT molecular complexity index is 1090. The van der Waals surface area contributed by atoms with Crippen LogP contribution in [-0.4, -0.2) is 36.4 Å². The first-order valence-corrected chi connectivity index (χ1v) is 10.8. The largest absolute Gasteiger partial charge is 0.378 e. The van der Waals surface area contributed by atoms with E-state index >= 15 is 0 Å². The molecule has 0 radical (unpaired) electrons. The molecule has 0 aliphatic carbocycles. The number of hydrogen-bond acceptors (Lipinski definition) is 6. The first kappa shape index (κ1) is 19.2. The van der Waals surface area contributed by atoms with Crippen molar-refractivity contribution in [1.82, 2.24) is 14.6 Å². The van der Waals surface area contributed by atoms with Crippen molar-refractivity contribution in [2.24, 2.45) is 0 Å². The van der Waals surface area contributed by atoms with E-state index in [1.54, 1.807) is 25.5 Å². The number of thioether (sulfide) groups is 1. The molecule has 0 N–H and O–H groups in total. The Kier molecular flexibility index (Phi) is 5.30. The normalized spacial score (nSPS) is 12.0. The molecular formula is C17H18ClN3O3S2. The minimum absolute atomic E-state index is 0.0889. The Balaban J connectivity index is 2.34. The van der Waals surface area contributed by atoms with Crippen LogP contribution in [0.4, 0.5) is 0 Å². The smallest absolute Gasteiger partial charge is 0.213 e. The van der Waals surface area contributed by atoms with Crippen LogP contribution in [0.3, 0.4) is 0 Å². The number of sulfone groups is 1. The molecule has 0 amide bonds. The summed E-state index contributed by atoms with van der Waals surface area (Å²) in [6, 6.07) is 6.53. The van der Waals surface area contributed by atoms with E-state index in [4.69, 9.17) is 16.3 Å². The lowest BCUT2D eigenvalue weighted by atomic mass is 10.2. The number of halogens is 1. The van der Waals surface area contributed by atoms with Crippen LogP contribution in [0.25, 0.3) is 5.65 Å². The zero-order valence-corrected chi connectivity index (χ0v) is 17.2. The predicted molar refractivity (Wildman–Crippen MR) is 102 cm³/mol. The third kappa shape index (κ3) is 3.22. The van der Waals surface area contributed by atoms with Crippen molar-refractivity contribution >= 4 is 38.8 Å². The van der Waals surface area contributed by atoms with Crippen LogP contribution >= 0.6 is 23.4 Å². The zero-order chi connectivity index (χ0) is 19.1. The molecule has 26 heavy (non-hydrogen) atoms. The molecule has 0 aliphatic heterocycles. The molecule has 3 aromatic rings. The summed E-state index contributed by atoms with van der Waals surface area (Å²) < 4.78 is 33.4. The van der Waals surface area contributed by atoms with Gasteiger partial charge in [-0.15, -0.1) is 11.8 Å². The van der Waals surface area contributed by atoms with Gasteiger partial charge in [0.2, 0.25) is 9.84 Å². The molecule has 0 saturated heterocycles. The standard InChI is InChI=1S/C17H18ClN3O3S2/c1-10-5-6-13(8-14(10)18)26(22,23)15-16-19-11(2)7-12(9-24-3)21(16)20-17(15)25-4/h5-8H,9H2,1-4H3. The number of benzene rings is 1. The number of ether oxygens (including phenoxy) is 1. The fourth-order valence-electron chi connectivity index (χ4n) is 2.65.